The molecular formula is C27H20ClFN2O5S. The second kappa shape index (κ2) is 9.84. The lowest BCUT2D eigenvalue weighted by Crippen LogP contribution is -2.29. The number of halogens is 2. The normalized spacial score (nSPS) is 17.0. The number of methoxy groups -OCH3 is 1. The number of hydrogen-bond donors (Lipinski definition) is 1. The van der Waals surface area contributed by atoms with Crippen LogP contribution >= 0.6 is 22.9 Å². The Kier molecular flexibility index (Phi) is 6.57. The smallest absolute Gasteiger partial charge is 0.301 e. The summed E-state index contributed by atoms with van der Waals surface area (Å²) in [4.78, 5) is 32.6. The minimum atomic E-state index is -1.04. The Hall–Kier alpha value is -3.95. The number of Topliss-reactive ketones (excluding diaryl/α,β-unsaturated/α-hetero) is 1. The molecule has 1 amide bonds. The van der Waals surface area contributed by atoms with Crippen molar-refractivity contribution in [2.75, 3.05) is 18.6 Å². The fourth-order valence-corrected chi connectivity index (χ4v) is 5.50. The first kappa shape index (κ1) is 24.7. The van der Waals surface area contributed by atoms with Crippen LogP contribution < -0.4 is 14.4 Å². The lowest BCUT2D eigenvalue weighted by Gasteiger charge is -2.24. The number of aromatic nitrogens is 1. The first-order valence-corrected chi connectivity index (χ1v) is 12.5. The Morgan fingerprint density at radius 2 is 1.86 bits per heavy atom. The van der Waals surface area contributed by atoms with Crippen LogP contribution in [0.25, 0.3) is 16.0 Å². The van der Waals surface area contributed by atoms with Crippen LogP contribution in [-0.2, 0) is 9.59 Å². The zero-order chi connectivity index (χ0) is 26.3. The number of nitrogens with zero attached hydrogens (tertiary/aromatic N) is 2. The highest BCUT2D eigenvalue weighted by Gasteiger charge is 2.48. The number of aliphatic hydroxyl groups is 1. The molecule has 7 nitrogen and oxygen atoms in total. The topological polar surface area (TPSA) is 89.0 Å². The third-order valence-corrected chi connectivity index (χ3v) is 7.16. The van der Waals surface area contributed by atoms with Gasteiger partial charge in [-0.25, -0.2) is 9.37 Å². The number of carbonyl (C=O) groups excluding carboxylic acids is 2. The molecule has 1 atom stereocenters. The number of carbonyl (C=O) groups is 2. The van der Waals surface area contributed by atoms with Crippen molar-refractivity contribution in [3.63, 3.8) is 0 Å². The molecule has 188 valence electrons. The average molecular weight is 539 g/mol. The zero-order valence-electron chi connectivity index (χ0n) is 19.7. The van der Waals surface area contributed by atoms with Crippen molar-refractivity contribution >= 4 is 55.7 Å². The number of aliphatic hydroxyl groups excluding tert-OH is 1. The van der Waals surface area contributed by atoms with Gasteiger partial charge in [-0.2, -0.15) is 0 Å². The second-order valence-corrected chi connectivity index (χ2v) is 9.57. The van der Waals surface area contributed by atoms with Crippen LogP contribution in [0.3, 0.4) is 0 Å². The Balaban J connectivity index is 1.73. The zero-order valence-corrected chi connectivity index (χ0v) is 21.3. The summed E-state index contributed by atoms with van der Waals surface area (Å²) in [6, 6.07) is 14.1. The van der Waals surface area contributed by atoms with Crippen LogP contribution in [0.5, 0.6) is 11.5 Å². The molecule has 1 aliphatic heterocycles. The monoisotopic (exact) mass is 538 g/mol. The quantitative estimate of drug-likeness (QED) is 0.181. The maximum Gasteiger partial charge on any atom is 0.301 e. The number of ether oxygens (including phenoxy) is 2. The Morgan fingerprint density at radius 1 is 1.11 bits per heavy atom. The van der Waals surface area contributed by atoms with Crippen molar-refractivity contribution in [3.05, 3.63) is 88.2 Å². The van der Waals surface area contributed by atoms with Crippen LogP contribution in [0.4, 0.5) is 9.52 Å². The van der Waals surface area contributed by atoms with E-state index in [-0.39, 0.29) is 16.3 Å². The number of anilines is 1. The molecule has 1 saturated heterocycles. The van der Waals surface area contributed by atoms with E-state index in [1.807, 2.05) is 6.92 Å². The van der Waals surface area contributed by atoms with Crippen LogP contribution in [-0.4, -0.2) is 35.5 Å². The number of ketones is 1. The summed E-state index contributed by atoms with van der Waals surface area (Å²) in [7, 11) is 1.48. The Bertz CT molecular complexity index is 1570. The molecule has 1 aromatic heterocycles. The van der Waals surface area contributed by atoms with Gasteiger partial charge in [0.25, 0.3) is 5.78 Å². The minimum absolute atomic E-state index is 0.153. The predicted molar refractivity (Wildman–Crippen MR) is 140 cm³/mol. The van der Waals surface area contributed by atoms with Gasteiger partial charge < -0.3 is 14.6 Å². The van der Waals surface area contributed by atoms with Crippen molar-refractivity contribution < 1.29 is 28.6 Å². The highest BCUT2D eigenvalue weighted by molar-refractivity contribution is 7.22. The lowest BCUT2D eigenvalue weighted by molar-refractivity contribution is -0.132. The number of amides is 1. The van der Waals surface area contributed by atoms with E-state index in [2.05, 4.69) is 4.98 Å². The molecule has 0 radical (unpaired) electrons. The van der Waals surface area contributed by atoms with E-state index < -0.39 is 29.3 Å². The molecule has 1 N–H and O–H groups in total. The van der Waals surface area contributed by atoms with Gasteiger partial charge in [0, 0.05) is 10.6 Å². The molecule has 2 heterocycles. The first-order chi connectivity index (χ1) is 17.8. The molecule has 4 aromatic rings. The maximum atomic E-state index is 13.5. The molecule has 1 aliphatic rings. The van der Waals surface area contributed by atoms with E-state index in [0.29, 0.717) is 34.2 Å². The van der Waals surface area contributed by atoms with E-state index >= 15 is 0 Å². The molecule has 10 heteroatoms. The van der Waals surface area contributed by atoms with Crippen LogP contribution in [0.1, 0.15) is 24.1 Å². The largest absolute Gasteiger partial charge is 0.507 e. The van der Waals surface area contributed by atoms with Gasteiger partial charge in [0.1, 0.15) is 11.6 Å². The number of thiazole rings is 1. The van der Waals surface area contributed by atoms with E-state index in [1.54, 1.807) is 36.4 Å². The van der Waals surface area contributed by atoms with E-state index in [0.717, 1.165) is 16.8 Å². The predicted octanol–water partition coefficient (Wildman–Crippen LogP) is 6.12. The summed E-state index contributed by atoms with van der Waals surface area (Å²) in [5, 5.41) is 12.0. The number of fused-ring (bicyclic) bond motifs is 1. The van der Waals surface area contributed by atoms with Gasteiger partial charge in [-0.3, -0.25) is 14.5 Å². The van der Waals surface area contributed by atoms with E-state index in [1.165, 1.54) is 35.5 Å². The molecule has 37 heavy (non-hydrogen) atoms. The highest BCUT2D eigenvalue weighted by atomic mass is 35.5. The van der Waals surface area contributed by atoms with Crippen molar-refractivity contribution in [2.24, 2.45) is 0 Å². The molecule has 0 aliphatic carbocycles. The van der Waals surface area contributed by atoms with Crippen molar-refractivity contribution in [1.29, 1.82) is 0 Å². The van der Waals surface area contributed by atoms with Gasteiger partial charge in [-0.15, -0.1) is 0 Å². The van der Waals surface area contributed by atoms with E-state index in [9.17, 15) is 19.1 Å². The van der Waals surface area contributed by atoms with Crippen LogP contribution in [0.15, 0.2) is 66.2 Å². The van der Waals surface area contributed by atoms with Gasteiger partial charge in [-0.1, -0.05) is 29.0 Å². The van der Waals surface area contributed by atoms with E-state index in [4.69, 9.17) is 21.1 Å². The molecule has 0 bridgehead atoms. The molecule has 0 saturated carbocycles. The van der Waals surface area contributed by atoms with Gasteiger partial charge >= 0.3 is 5.91 Å². The SMILES string of the molecule is CCOc1ccc(C2C(=C(O)c3ccc(F)cc3)C(=O)C(=O)N2c2nc3ccc(Cl)cc3s2)cc1OC. The maximum absolute atomic E-state index is 13.5. The third kappa shape index (κ3) is 4.41. The summed E-state index contributed by atoms with van der Waals surface area (Å²) in [6.45, 7) is 2.25. The molecule has 3 aromatic carbocycles. The van der Waals surface area contributed by atoms with Gasteiger partial charge in [0.05, 0.1) is 35.5 Å². The highest BCUT2D eigenvalue weighted by Crippen LogP contribution is 2.46. The lowest BCUT2D eigenvalue weighted by atomic mass is 9.95. The molecule has 1 fully saturated rings. The Labute approximate surface area is 220 Å². The first-order valence-electron chi connectivity index (χ1n) is 11.3. The average Bonchev–Trinajstić information content (AvgIpc) is 3.42. The Morgan fingerprint density at radius 3 is 2.57 bits per heavy atom. The van der Waals surface area contributed by atoms with Gasteiger partial charge in [-0.05, 0) is 67.1 Å². The number of rotatable bonds is 6. The van der Waals surface area contributed by atoms with Crippen molar-refractivity contribution in [3.8, 4) is 11.5 Å². The molecule has 1 unspecified atom stereocenters. The number of hydrogen-bond acceptors (Lipinski definition) is 7. The molecule has 0 spiro atoms. The van der Waals surface area contributed by atoms with Gasteiger partial charge in [0.2, 0.25) is 0 Å². The fourth-order valence-electron chi connectivity index (χ4n) is 4.23. The van der Waals surface area contributed by atoms with Crippen LogP contribution in [0.2, 0.25) is 5.02 Å². The summed E-state index contributed by atoms with van der Waals surface area (Å²) >= 11 is 7.33. The number of benzene rings is 3. The fraction of sp³-hybridized carbons (Fsp3) is 0.148. The standard InChI is InChI=1S/C27H20ClFN2O5S/c1-3-36-19-11-6-15(12-20(19)35-2)23-22(24(32)14-4-8-17(29)9-5-14)25(33)26(34)31(23)27-30-18-10-7-16(28)13-21(18)37-27/h4-13,23,32H,3H2,1-2H3. The molecule has 5 rings (SSSR count). The van der Waals surface area contributed by atoms with Gasteiger partial charge in [0.15, 0.2) is 16.6 Å². The van der Waals surface area contributed by atoms with Crippen molar-refractivity contribution in [1.82, 2.24) is 4.98 Å². The minimum Gasteiger partial charge on any atom is -0.507 e. The summed E-state index contributed by atoms with van der Waals surface area (Å²) < 4.78 is 25.4. The van der Waals surface area contributed by atoms with Crippen LogP contribution in [0, 0.1) is 5.82 Å². The van der Waals surface area contributed by atoms with Crippen molar-refractivity contribution in [2.45, 2.75) is 13.0 Å². The third-order valence-electron chi connectivity index (χ3n) is 5.91. The second-order valence-electron chi connectivity index (χ2n) is 8.13. The summed E-state index contributed by atoms with van der Waals surface area (Å²) in [5.74, 6) is -1.80. The summed E-state index contributed by atoms with van der Waals surface area (Å²) in [6.07, 6.45) is 0. The molecular weight excluding hydrogens is 519 g/mol. The summed E-state index contributed by atoms with van der Waals surface area (Å²) in [5.41, 5.74) is 1.13.